The summed E-state index contributed by atoms with van der Waals surface area (Å²) in [7, 11) is -1.96. The molecular formula is C19H23N3O5S. The number of nitro groups is 1. The Morgan fingerprint density at radius 3 is 2.50 bits per heavy atom. The normalized spacial score (nSPS) is 15.3. The van der Waals surface area contributed by atoms with Gasteiger partial charge < -0.3 is 15.0 Å². The summed E-state index contributed by atoms with van der Waals surface area (Å²) in [6, 6.07) is 12.0. The summed E-state index contributed by atoms with van der Waals surface area (Å²) in [6.07, 6.45) is 2.71. The highest BCUT2D eigenvalue weighted by Gasteiger charge is 2.25. The van der Waals surface area contributed by atoms with Crippen molar-refractivity contribution in [3.63, 3.8) is 0 Å². The maximum Gasteiger partial charge on any atom is 0.270 e. The van der Waals surface area contributed by atoms with Crippen molar-refractivity contribution in [2.75, 3.05) is 36.7 Å². The van der Waals surface area contributed by atoms with Gasteiger partial charge in [0.25, 0.3) is 5.69 Å². The van der Waals surface area contributed by atoms with Crippen LogP contribution in [0, 0.1) is 10.1 Å². The van der Waals surface area contributed by atoms with Gasteiger partial charge >= 0.3 is 0 Å². The average Bonchev–Trinajstić information content (AvgIpc) is 2.67. The van der Waals surface area contributed by atoms with Crippen molar-refractivity contribution in [1.82, 2.24) is 0 Å². The molecule has 0 amide bonds. The summed E-state index contributed by atoms with van der Waals surface area (Å²) < 4.78 is 29.6. The van der Waals surface area contributed by atoms with E-state index in [0.29, 0.717) is 18.8 Å². The molecule has 0 bridgehead atoms. The molecule has 1 aliphatic rings. The van der Waals surface area contributed by atoms with Gasteiger partial charge in [0, 0.05) is 49.3 Å². The highest BCUT2D eigenvalue weighted by Crippen LogP contribution is 2.32. The zero-order valence-corrected chi connectivity index (χ0v) is 16.6. The lowest BCUT2D eigenvalue weighted by molar-refractivity contribution is -0.385. The van der Waals surface area contributed by atoms with Gasteiger partial charge in [-0.05, 0) is 31.0 Å². The van der Waals surface area contributed by atoms with E-state index in [0.717, 1.165) is 36.6 Å². The number of sulfone groups is 1. The summed E-state index contributed by atoms with van der Waals surface area (Å²) in [4.78, 5) is 12.4. The predicted octanol–water partition coefficient (Wildman–Crippen LogP) is 3.09. The van der Waals surface area contributed by atoms with Crippen LogP contribution in [0.3, 0.4) is 0 Å². The van der Waals surface area contributed by atoms with Crippen molar-refractivity contribution >= 4 is 26.9 Å². The minimum atomic E-state index is -3.58. The lowest BCUT2D eigenvalue weighted by Crippen LogP contribution is -2.39. The number of benzene rings is 2. The third-order valence-corrected chi connectivity index (χ3v) is 5.96. The Balaban J connectivity index is 1.73. The molecule has 1 fully saturated rings. The second-order valence-corrected chi connectivity index (χ2v) is 8.80. The standard InChI is InChI=1S/C19H23N3O5S/c1-27-17-5-3-4-15(12-17)20-14-8-10-21(11-9-14)18-7-6-16(22(23)24)13-19(18)28(2,25)26/h3-7,12-14,20H,8-11H2,1-2H3. The third kappa shape index (κ3) is 4.53. The number of methoxy groups -OCH3 is 1. The van der Waals surface area contributed by atoms with Gasteiger partial charge in [-0.1, -0.05) is 6.07 Å². The van der Waals surface area contributed by atoms with E-state index in [2.05, 4.69) is 5.32 Å². The van der Waals surface area contributed by atoms with Gasteiger partial charge in [0.05, 0.1) is 22.6 Å². The van der Waals surface area contributed by atoms with Crippen molar-refractivity contribution in [3.8, 4) is 5.75 Å². The average molecular weight is 405 g/mol. The van der Waals surface area contributed by atoms with Crippen LogP contribution in [0.2, 0.25) is 0 Å². The molecule has 0 aliphatic carbocycles. The maximum atomic E-state index is 12.2. The summed E-state index contributed by atoms with van der Waals surface area (Å²) >= 11 is 0. The van der Waals surface area contributed by atoms with Crippen LogP contribution >= 0.6 is 0 Å². The Hall–Kier alpha value is -2.81. The maximum absolute atomic E-state index is 12.2. The predicted molar refractivity (Wildman–Crippen MR) is 108 cm³/mol. The zero-order valence-electron chi connectivity index (χ0n) is 15.8. The quantitative estimate of drug-likeness (QED) is 0.582. The topological polar surface area (TPSA) is 102 Å². The molecule has 1 N–H and O–H groups in total. The van der Waals surface area contributed by atoms with E-state index >= 15 is 0 Å². The van der Waals surface area contributed by atoms with E-state index in [1.54, 1.807) is 7.11 Å². The minimum absolute atomic E-state index is 0.000838. The molecule has 150 valence electrons. The van der Waals surface area contributed by atoms with Crippen LogP contribution < -0.4 is 15.0 Å². The molecule has 0 unspecified atom stereocenters. The first-order valence-electron chi connectivity index (χ1n) is 8.92. The van der Waals surface area contributed by atoms with Gasteiger partial charge in [0.1, 0.15) is 5.75 Å². The minimum Gasteiger partial charge on any atom is -0.497 e. The number of nitrogens with zero attached hydrogens (tertiary/aromatic N) is 2. The Labute approximate surface area is 164 Å². The van der Waals surface area contributed by atoms with Gasteiger partial charge in [-0.25, -0.2) is 8.42 Å². The SMILES string of the molecule is COc1cccc(NC2CCN(c3ccc([N+](=O)[O-])cc3S(C)(=O)=O)CC2)c1. The Morgan fingerprint density at radius 2 is 1.89 bits per heavy atom. The first kappa shape index (κ1) is 19.9. The molecule has 2 aromatic carbocycles. The monoisotopic (exact) mass is 405 g/mol. The molecule has 1 saturated heterocycles. The number of hydrogen-bond acceptors (Lipinski definition) is 7. The molecule has 1 heterocycles. The highest BCUT2D eigenvalue weighted by molar-refractivity contribution is 7.90. The fraction of sp³-hybridized carbons (Fsp3) is 0.368. The smallest absolute Gasteiger partial charge is 0.270 e. The van der Waals surface area contributed by atoms with Crippen molar-refractivity contribution < 1.29 is 18.1 Å². The van der Waals surface area contributed by atoms with E-state index in [-0.39, 0.29) is 16.6 Å². The van der Waals surface area contributed by atoms with Crippen LogP contribution in [0.25, 0.3) is 0 Å². The van der Waals surface area contributed by atoms with Crippen LogP contribution in [-0.2, 0) is 9.84 Å². The first-order chi connectivity index (χ1) is 13.3. The number of non-ortho nitro benzene ring substituents is 1. The largest absolute Gasteiger partial charge is 0.497 e. The summed E-state index contributed by atoms with van der Waals surface area (Å²) in [6.45, 7) is 1.31. The fourth-order valence-electron chi connectivity index (χ4n) is 3.39. The molecule has 9 heteroatoms. The molecule has 0 atom stereocenters. The molecular weight excluding hydrogens is 382 g/mol. The fourth-order valence-corrected chi connectivity index (χ4v) is 4.30. The van der Waals surface area contributed by atoms with Crippen LogP contribution in [0.1, 0.15) is 12.8 Å². The second-order valence-electron chi connectivity index (χ2n) is 6.82. The highest BCUT2D eigenvalue weighted by atomic mass is 32.2. The van der Waals surface area contributed by atoms with Gasteiger partial charge in [-0.15, -0.1) is 0 Å². The van der Waals surface area contributed by atoms with Crippen molar-refractivity contribution in [2.24, 2.45) is 0 Å². The molecule has 1 aliphatic heterocycles. The first-order valence-corrected chi connectivity index (χ1v) is 10.8. The number of nitrogens with one attached hydrogen (secondary N) is 1. The molecule has 8 nitrogen and oxygen atoms in total. The summed E-state index contributed by atoms with van der Waals surface area (Å²) in [5.74, 6) is 0.783. The molecule has 28 heavy (non-hydrogen) atoms. The number of anilines is 2. The lowest BCUT2D eigenvalue weighted by atomic mass is 10.0. The lowest BCUT2D eigenvalue weighted by Gasteiger charge is -2.35. The Morgan fingerprint density at radius 1 is 1.18 bits per heavy atom. The number of rotatable bonds is 6. The number of nitro benzene ring substituents is 1. The third-order valence-electron chi connectivity index (χ3n) is 4.83. The van der Waals surface area contributed by atoms with E-state index in [1.807, 2.05) is 29.2 Å². The molecule has 0 aromatic heterocycles. The zero-order chi connectivity index (χ0) is 20.3. The van der Waals surface area contributed by atoms with Crippen LogP contribution in [0.4, 0.5) is 17.1 Å². The van der Waals surface area contributed by atoms with Crippen LogP contribution in [0.15, 0.2) is 47.4 Å². The summed E-state index contributed by atoms with van der Waals surface area (Å²) in [5.41, 5.74) is 1.27. The Kier molecular flexibility index (Phi) is 5.73. The van der Waals surface area contributed by atoms with Crippen LogP contribution in [-0.4, -0.2) is 45.8 Å². The van der Waals surface area contributed by atoms with Gasteiger partial charge in [0.15, 0.2) is 9.84 Å². The van der Waals surface area contributed by atoms with E-state index in [4.69, 9.17) is 4.74 Å². The number of piperidine rings is 1. The van der Waals surface area contributed by atoms with E-state index in [9.17, 15) is 18.5 Å². The van der Waals surface area contributed by atoms with Crippen LogP contribution in [0.5, 0.6) is 5.75 Å². The van der Waals surface area contributed by atoms with Gasteiger partial charge in [-0.3, -0.25) is 10.1 Å². The van der Waals surface area contributed by atoms with Crippen molar-refractivity contribution in [1.29, 1.82) is 0 Å². The van der Waals surface area contributed by atoms with Gasteiger partial charge in [0.2, 0.25) is 0 Å². The van der Waals surface area contributed by atoms with Crippen molar-refractivity contribution in [2.45, 2.75) is 23.8 Å². The number of ether oxygens (including phenoxy) is 1. The molecule has 0 spiro atoms. The molecule has 2 aromatic rings. The second kappa shape index (κ2) is 8.05. The molecule has 0 saturated carbocycles. The van der Waals surface area contributed by atoms with E-state index in [1.165, 1.54) is 12.1 Å². The van der Waals surface area contributed by atoms with Gasteiger partial charge in [-0.2, -0.15) is 0 Å². The van der Waals surface area contributed by atoms with E-state index < -0.39 is 14.8 Å². The molecule has 0 radical (unpaired) electrons. The molecule has 3 rings (SSSR count). The number of hydrogen-bond donors (Lipinski definition) is 1. The van der Waals surface area contributed by atoms with Crippen molar-refractivity contribution in [3.05, 3.63) is 52.6 Å². The Bertz CT molecular complexity index is 969. The summed E-state index contributed by atoms with van der Waals surface area (Å²) in [5, 5.41) is 14.5.